The van der Waals surface area contributed by atoms with Gasteiger partial charge < -0.3 is 19.9 Å². The summed E-state index contributed by atoms with van der Waals surface area (Å²) in [7, 11) is 1.65. The van der Waals surface area contributed by atoms with Crippen LogP contribution < -0.4 is 15.0 Å². The van der Waals surface area contributed by atoms with E-state index in [2.05, 4.69) is 25.4 Å². The lowest BCUT2D eigenvalue weighted by Gasteiger charge is -2.35. The van der Waals surface area contributed by atoms with Crippen molar-refractivity contribution in [1.82, 2.24) is 20.1 Å². The Balaban J connectivity index is 1.25. The molecule has 0 radical (unpaired) electrons. The number of nitrogens with one attached hydrogen (secondary N) is 1. The molecular formula is C24H28N6O2. The summed E-state index contributed by atoms with van der Waals surface area (Å²) in [6, 6.07) is 17.5. The molecule has 0 unspecified atom stereocenters. The molecule has 0 atom stereocenters. The van der Waals surface area contributed by atoms with E-state index in [4.69, 9.17) is 4.74 Å². The number of ether oxygens (including phenoxy) is 1. The maximum atomic E-state index is 12.6. The van der Waals surface area contributed by atoms with Crippen LogP contribution in [0.3, 0.4) is 0 Å². The van der Waals surface area contributed by atoms with Crippen LogP contribution in [0.1, 0.15) is 17.7 Å². The van der Waals surface area contributed by atoms with Gasteiger partial charge >= 0.3 is 0 Å². The van der Waals surface area contributed by atoms with Crippen molar-refractivity contribution in [3.05, 3.63) is 65.9 Å². The summed E-state index contributed by atoms with van der Waals surface area (Å²) in [6.45, 7) is 4.82. The zero-order valence-corrected chi connectivity index (χ0v) is 18.5. The number of benzene rings is 1. The fourth-order valence-electron chi connectivity index (χ4n) is 3.69. The summed E-state index contributed by atoms with van der Waals surface area (Å²) in [6.07, 6.45) is 1.25. The van der Waals surface area contributed by atoms with Crippen molar-refractivity contribution in [1.29, 1.82) is 0 Å². The molecule has 3 aromatic rings. The van der Waals surface area contributed by atoms with Crippen LogP contribution in [0.4, 0.5) is 17.5 Å². The molecule has 1 aromatic carbocycles. The third-order valence-corrected chi connectivity index (χ3v) is 5.54. The van der Waals surface area contributed by atoms with Crippen molar-refractivity contribution in [2.24, 2.45) is 0 Å². The van der Waals surface area contributed by atoms with Crippen LogP contribution in [0.2, 0.25) is 0 Å². The van der Waals surface area contributed by atoms with E-state index in [0.717, 1.165) is 48.2 Å². The van der Waals surface area contributed by atoms with Crippen molar-refractivity contribution in [3.8, 4) is 5.75 Å². The lowest BCUT2D eigenvalue weighted by atomic mass is 10.1. The average Bonchev–Trinajstić information content (AvgIpc) is 2.83. The molecular weight excluding hydrogens is 404 g/mol. The summed E-state index contributed by atoms with van der Waals surface area (Å²) in [5.41, 5.74) is 2.08. The molecule has 8 nitrogen and oxygen atoms in total. The smallest absolute Gasteiger partial charge is 0.223 e. The highest BCUT2D eigenvalue weighted by Crippen LogP contribution is 2.18. The minimum absolute atomic E-state index is 0.191. The molecule has 166 valence electrons. The zero-order chi connectivity index (χ0) is 22.3. The second-order valence-corrected chi connectivity index (χ2v) is 7.78. The van der Waals surface area contributed by atoms with Gasteiger partial charge in [0.25, 0.3) is 0 Å². The number of anilines is 3. The topological polar surface area (TPSA) is 83.5 Å². The van der Waals surface area contributed by atoms with E-state index in [9.17, 15) is 4.79 Å². The molecule has 0 aliphatic carbocycles. The van der Waals surface area contributed by atoms with Crippen molar-refractivity contribution < 1.29 is 9.53 Å². The van der Waals surface area contributed by atoms with E-state index in [1.807, 2.05) is 66.4 Å². The molecule has 1 saturated heterocycles. The Kier molecular flexibility index (Phi) is 6.79. The maximum absolute atomic E-state index is 12.6. The Morgan fingerprint density at radius 3 is 2.41 bits per heavy atom. The second-order valence-electron chi connectivity index (χ2n) is 7.78. The van der Waals surface area contributed by atoms with Gasteiger partial charge in [-0.25, -0.2) is 4.98 Å². The molecule has 2 aromatic heterocycles. The van der Waals surface area contributed by atoms with Crippen LogP contribution in [0.25, 0.3) is 0 Å². The minimum Gasteiger partial charge on any atom is -0.497 e. The van der Waals surface area contributed by atoms with Crippen LogP contribution in [0.5, 0.6) is 5.75 Å². The number of aryl methyl sites for hydroxylation is 2. The van der Waals surface area contributed by atoms with Gasteiger partial charge in [-0.3, -0.25) is 4.79 Å². The van der Waals surface area contributed by atoms with Gasteiger partial charge in [0.2, 0.25) is 5.91 Å². The SMILES string of the molecule is COc1ccc(CCC(=O)N2CCN(c3ccc(Nc4cccc(C)n4)nn3)CC2)cc1. The third-order valence-electron chi connectivity index (χ3n) is 5.54. The number of rotatable bonds is 7. The number of carbonyl (C=O) groups is 1. The van der Waals surface area contributed by atoms with Gasteiger partial charge in [-0.15, -0.1) is 10.2 Å². The average molecular weight is 433 g/mol. The standard InChI is InChI=1S/C24H28N6O2/c1-18-4-3-5-21(25-18)26-22-11-12-23(28-27-22)29-14-16-30(17-15-29)24(31)13-8-19-6-9-20(32-2)10-7-19/h3-7,9-12H,8,13-17H2,1-2H3,(H,25,26,27). The molecule has 1 fully saturated rings. The van der Waals surface area contributed by atoms with Crippen LogP contribution in [0.15, 0.2) is 54.6 Å². The summed E-state index contributed by atoms with van der Waals surface area (Å²) >= 11 is 0. The van der Waals surface area contributed by atoms with E-state index in [-0.39, 0.29) is 5.91 Å². The highest BCUT2D eigenvalue weighted by atomic mass is 16.5. The van der Waals surface area contributed by atoms with Crippen molar-refractivity contribution in [3.63, 3.8) is 0 Å². The van der Waals surface area contributed by atoms with E-state index in [1.165, 1.54) is 0 Å². The number of pyridine rings is 1. The monoisotopic (exact) mass is 432 g/mol. The summed E-state index contributed by atoms with van der Waals surface area (Å²) in [4.78, 5) is 21.1. The van der Waals surface area contributed by atoms with Gasteiger partial charge in [-0.2, -0.15) is 0 Å². The Labute approximate surface area is 188 Å². The fraction of sp³-hybridized carbons (Fsp3) is 0.333. The molecule has 0 saturated carbocycles. The zero-order valence-electron chi connectivity index (χ0n) is 18.5. The number of piperazine rings is 1. The molecule has 1 aliphatic heterocycles. The Morgan fingerprint density at radius 1 is 0.969 bits per heavy atom. The molecule has 1 N–H and O–H groups in total. The summed E-state index contributed by atoms with van der Waals surface area (Å²) in [5.74, 6) is 3.23. The first-order valence-corrected chi connectivity index (χ1v) is 10.8. The first-order chi connectivity index (χ1) is 15.6. The molecule has 0 bridgehead atoms. The van der Waals surface area contributed by atoms with Gasteiger partial charge in [-0.1, -0.05) is 18.2 Å². The van der Waals surface area contributed by atoms with Gasteiger partial charge in [0.15, 0.2) is 11.6 Å². The largest absolute Gasteiger partial charge is 0.497 e. The number of hydrogen-bond donors (Lipinski definition) is 1. The lowest BCUT2D eigenvalue weighted by Crippen LogP contribution is -2.49. The number of hydrogen-bond acceptors (Lipinski definition) is 7. The number of aromatic nitrogens is 3. The maximum Gasteiger partial charge on any atom is 0.223 e. The molecule has 0 spiro atoms. The Bertz CT molecular complexity index is 1030. The number of carbonyl (C=O) groups excluding carboxylic acids is 1. The minimum atomic E-state index is 0.191. The number of methoxy groups -OCH3 is 1. The molecule has 1 aliphatic rings. The predicted octanol–water partition coefficient (Wildman–Crippen LogP) is 3.21. The highest BCUT2D eigenvalue weighted by Gasteiger charge is 2.22. The molecule has 8 heteroatoms. The van der Waals surface area contributed by atoms with E-state index < -0.39 is 0 Å². The summed E-state index contributed by atoms with van der Waals surface area (Å²) < 4.78 is 5.18. The Hall–Kier alpha value is -3.68. The van der Waals surface area contributed by atoms with E-state index in [1.54, 1.807) is 7.11 Å². The normalized spacial score (nSPS) is 13.7. The van der Waals surface area contributed by atoms with Gasteiger partial charge in [0.1, 0.15) is 11.6 Å². The predicted molar refractivity (Wildman–Crippen MR) is 124 cm³/mol. The molecule has 32 heavy (non-hydrogen) atoms. The number of nitrogens with zero attached hydrogens (tertiary/aromatic N) is 5. The van der Waals surface area contributed by atoms with E-state index >= 15 is 0 Å². The second kappa shape index (κ2) is 10.1. The molecule has 3 heterocycles. The van der Waals surface area contributed by atoms with Gasteiger partial charge in [0.05, 0.1) is 7.11 Å². The van der Waals surface area contributed by atoms with Crippen LogP contribution >= 0.6 is 0 Å². The lowest BCUT2D eigenvalue weighted by molar-refractivity contribution is -0.131. The number of amides is 1. The van der Waals surface area contributed by atoms with Crippen molar-refractivity contribution in [2.75, 3.05) is 43.5 Å². The van der Waals surface area contributed by atoms with Crippen LogP contribution in [0, 0.1) is 6.92 Å². The molecule has 1 amide bonds. The van der Waals surface area contributed by atoms with E-state index in [0.29, 0.717) is 25.3 Å². The molecule has 4 rings (SSSR count). The Morgan fingerprint density at radius 2 is 1.75 bits per heavy atom. The highest BCUT2D eigenvalue weighted by molar-refractivity contribution is 5.76. The van der Waals surface area contributed by atoms with Gasteiger partial charge in [0, 0.05) is 38.3 Å². The van der Waals surface area contributed by atoms with Gasteiger partial charge in [-0.05, 0) is 55.3 Å². The quantitative estimate of drug-likeness (QED) is 0.614. The third kappa shape index (κ3) is 5.51. The van der Waals surface area contributed by atoms with Crippen LogP contribution in [-0.2, 0) is 11.2 Å². The first kappa shape index (κ1) is 21.5. The fourth-order valence-corrected chi connectivity index (χ4v) is 3.69. The first-order valence-electron chi connectivity index (χ1n) is 10.8. The summed E-state index contributed by atoms with van der Waals surface area (Å²) in [5, 5.41) is 11.8. The van der Waals surface area contributed by atoms with Crippen molar-refractivity contribution >= 4 is 23.4 Å². The van der Waals surface area contributed by atoms with Crippen LogP contribution in [-0.4, -0.2) is 59.3 Å². The van der Waals surface area contributed by atoms with Crippen molar-refractivity contribution in [2.45, 2.75) is 19.8 Å².